The molecule has 1 aliphatic heterocycles. The number of carbonyl (C=O) groups excluding carboxylic acids is 1. The van der Waals surface area contributed by atoms with Gasteiger partial charge in [-0.25, -0.2) is 4.68 Å². The molecule has 1 aromatic heterocycles. The monoisotopic (exact) mass is 363 g/mol. The maximum Gasteiger partial charge on any atom is 0.251 e. The highest BCUT2D eigenvalue weighted by atomic mass is 16.7. The minimum absolute atomic E-state index is 0.125. The molecule has 0 bridgehead atoms. The molecular weight excluding hydrogens is 342 g/mol. The first-order valence-corrected chi connectivity index (χ1v) is 8.85. The molecule has 2 aromatic carbocycles. The SMILES string of the molecule is Cc1cc(C)n(-c2ccc(C(=O)NC(C)c3ccc4c(c3)OCO4)cc2)n1. The number of rotatable bonds is 4. The summed E-state index contributed by atoms with van der Waals surface area (Å²) in [7, 11) is 0. The molecule has 138 valence electrons. The number of hydrogen-bond donors (Lipinski definition) is 1. The van der Waals surface area contributed by atoms with Gasteiger partial charge in [0.2, 0.25) is 6.79 Å². The van der Waals surface area contributed by atoms with Crippen molar-refractivity contribution in [3.63, 3.8) is 0 Å². The van der Waals surface area contributed by atoms with Crippen molar-refractivity contribution in [2.24, 2.45) is 0 Å². The second-order valence-electron chi connectivity index (χ2n) is 6.69. The highest BCUT2D eigenvalue weighted by Gasteiger charge is 2.17. The summed E-state index contributed by atoms with van der Waals surface area (Å²) in [5.41, 5.74) is 4.52. The van der Waals surface area contributed by atoms with Gasteiger partial charge in [0.05, 0.1) is 17.4 Å². The molecule has 4 rings (SSSR count). The van der Waals surface area contributed by atoms with Gasteiger partial charge >= 0.3 is 0 Å². The normalized spacial score (nSPS) is 13.4. The van der Waals surface area contributed by atoms with E-state index < -0.39 is 0 Å². The Morgan fingerprint density at radius 1 is 1.07 bits per heavy atom. The van der Waals surface area contributed by atoms with E-state index in [1.807, 2.05) is 74.0 Å². The third-order valence-electron chi connectivity index (χ3n) is 4.63. The molecule has 6 heteroatoms. The number of carbonyl (C=O) groups is 1. The second kappa shape index (κ2) is 6.79. The molecule has 1 N–H and O–H groups in total. The maximum absolute atomic E-state index is 12.6. The van der Waals surface area contributed by atoms with Gasteiger partial charge in [-0.15, -0.1) is 0 Å². The van der Waals surface area contributed by atoms with Gasteiger partial charge in [0, 0.05) is 11.3 Å². The van der Waals surface area contributed by atoms with Gasteiger partial charge in [0.15, 0.2) is 11.5 Å². The largest absolute Gasteiger partial charge is 0.454 e. The summed E-state index contributed by atoms with van der Waals surface area (Å²) < 4.78 is 12.6. The van der Waals surface area contributed by atoms with Crippen LogP contribution in [0.4, 0.5) is 0 Å². The summed E-state index contributed by atoms with van der Waals surface area (Å²) in [4.78, 5) is 12.6. The molecular formula is C21H21N3O3. The van der Waals surface area contributed by atoms with Gasteiger partial charge in [0.1, 0.15) is 0 Å². The van der Waals surface area contributed by atoms with E-state index in [0.717, 1.165) is 28.4 Å². The fourth-order valence-electron chi connectivity index (χ4n) is 3.19. The number of aromatic nitrogens is 2. The van der Waals surface area contributed by atoms with E-state index in [2.05, 4.69) is 10.4 Å². The Hall–Kier alpha value is -3.28. The molecule has 0 spiro atoms. The zero-order valence-corrected chi connectivity index (χ0v) is 15.5. The average molecular weight is 363 g/mol. The minimum Gasteiger partial charge on any atom is -0.454 e. The van der Waals surface area contributed by atoms with Gasteiger partial charge < -0.3 is 14.8 Å². The average Bonchev–Trinajstić information content (AvgIpc) is 3.26. The van der Waals surface area contributed by atoms with E-state index in [-0.39, 0.29) is 18.7 Å². The number of fused-ring (bicyclic) bond motifs is 1. The first kappa shape index (κ1) is 17.1. The third kappa shape index (κ3) is 3.38. The Balaban J connectivity index is 1.47. The van der Waals surface area contributed by atoms with Gasteiger partial charge in [-0.1, -0.05) is 6.07 Å². The summed E-state index contributed by atoms with van der Waals surface area (Å²) in [6.45, 7) is 6.15. The topological polar surface area (TPSA) is 65.4 Å². The zero-order valence-electron chi connectivity index (χ0n) is 15.5. The number of nitrogens with one attached hydrogen (secondary N) is 1. The number of amides is 1. The van der Waals surface area contributed by atoms with Crippen molar-refractivity contribution in [3.05, 3.63) is 71.0 Å². The lowest BCUT2D eigenvalue weighted by molar-refractivity contribution is 0.0940. The van der Waals surface area contributed by atoms with Crippen LogP contribution in [0.25, 0.3) is 5.69 Å². The maximum atomic E-state index is 12.6. The van der Waals surface area contributed by atoms with Crippen LogP contribution in [0.3, 0.4) is 0 Å². The van der Waals surface area contributed by atoms with Gasteiger partial charge in [-0.3, -0.25) is 4.79 Å². The zero-order chi connectivity index (χ0) is 19.0. The minimum atomic E-state index is -0.150. The summed E-state index contributed by atoms with van der Waals surface area (Å²) in [6, 6.07) is 15.0. The first-order valence-electron chi connectivity index (χ1n) is 8.85. The molecule has 0 aliphatic carbocycles. The molecule has 0 saturated heterocycles. The summed E-state index contributed by atoms with van der Waals surface area (Å²) in [5.74, 6) is 1.32. The van der Waals surface area contributed by atoms with E-state index in [1.165, 1.54) is 0 Å². The predicted molar refractivity (Wildman–Crippen MR) is 101 cm³/mol. The van der Waals surface area contributed by atoms with Crippen molar-refractivity contribution in [2.45, 2.75) is 26.8 Å². The summed E-state index contributed by atoms with van der Waals surface area (Å²) in [6.07, 6.45) is 0. The fraction of sp³-hybridized carbons (Fsp3) is 0.238. The highest BCUT2D eigenvalue weighted by molar-refractivity contribution is 5.94. The number of benzene rings is 2. The Kier molecular flexibility index (Phi) is 4.32. The molecule has 27 heavy (non-hydrogen) atoms. The van der Waals surface area contributed by atoms with E-state index in [4.69, 9.17) is 9.47 Å². The Labute approximate surface area is 157 Å². The van der Waals surface area contributed by atoms with Crippen LogP contribution in [-0.4, -0.2) is 22.5 Å². The lowest BCUT2D eigenvalue weighted by Crippen LogP contribution is -2.26. The molecule has 0 fully saturated rings. The van der Waals surface area contributed by atoms with Crippen molar-refractivity contribution in [1.29, 1.82) is 0 Å². The van der Waals surface area contributed by atoms with Crippen LogP contribution in [0.1, 0.15) is 40.3 Å². The molecule has 3 aromatic rings. The van der Waals surface area contributed by atoms with Crippen molar-refractivity contribution in [1.82, 2.24) is 15.1 Å². The van der Waals surface area contributed by atoms with Gasteiger partial charge in [-0.2, -0.15) is 5.10 Å². The molecule has 1 atom stereocenters. The Morgan fingerprint density at radius 3 is 2.52 bits per heavy atom. The number of nitrogens with zero attached hydrogens (tertiary/aromatic N) is 2. The van der Waals surface area contributed by atoms with Crippen molar-refractivity contribution < 1.29 is 14.3 Å². The van der Waals surface area contributed by atoms with E-state index in [0.29, 0.717) is 11.3 Å². The number of ether oxygens (including phenoxy) is 2. The van der Waals surface area contributed by atoms with Crippen LogP contribution >= 0.6 is 0 Å². The smallest absolute Gasteiger partial charge is 0.251 e. The van der Waals surface area contributed by atoms with Crippen LogP contribution in [-0.2, 0) is 0 Å². The predicted octanol–water partition coefficient (Wildman–Crippen LogP) is 3.71. The Bertz CT molecular complexity index is 992. The van der Waals surface area contributed by atoms with Gasteiger partial charge in [0.25, 0.3) is 5.91 Å². The van der Waals surface area contributed by atoms with Crippen LogP contribution in [0.5, 0.6) is 11.5 Å². The standard InChI is InChI=1S/C21H21N3O3/c1-13-10-14(2)24(23-13)18-7-4-16(5-8-18)21(25)22-15(3)17-6-9-19-20(11-17)27-12-26-19/h4-11,15H,12H2,1-3H3,(H,22,25). The molecule has 0 saturated carbocycles. The first-order chi connectivity index (χ1) is 13.0. The van der Waals surface area contributed by atoms with Gasteiger partial charge in [-0.05, 0) is 68.8 Å². The van der Waals surface area contributed by atoms with E-state index in [1.54, 1.807) is 0 Å². The lowest BCUT2D eigenvalue weighted by atomic mass is 10.1. The van der Waals surface area contributed by atoms with E-state index in [9.17, 15) is 4.79 Å². The highest BCUT2D eigenvalue weighted by Crippen LogP contribution is 2.34. The molecule has 1 aliphatic rings. The number of aryl methyl sites for hydroxylation is 2. The second-order valence-corrected chi connectivity index (χ2v) is 6.69. The van der Waals surface area contributed by atoms with Crippen molar-refractivity contribution in [3.8, 4) is 17.2 Å². The molecule has 2 heterocycles. The van der Waals surface area contributed by atoms with Crippen LogP contribution in [0, 0.1) is 13.8 Å². The van der Waals surface area contributed by atoms with Crippen molar-refractivity contribution in [2.75, 3.05) is 6.79 Å². The molecule has 0 radical (unpaired) electrons. The van der Waals surface area contributed by atoms with Crippen LogP contribution < -0.4 is 14.8 Å². The Morgan fingerprint density at radius 2 is 1.81 bits per heavy atom. The molecule has 6 nitrogen and oxygen atoms in total. The number of hydrogen-bond acceptors (Lipinski definition) is 4. The third-order valence-corrected chi connectivity index (χ3v) is 4.63. The van der Waals surface area contributed by atoms with Crippen LogP contribution in [0.2, 0.25) is 0 Å². The summed E-state index contributed by atoms with van der Waals surface area (Å²) >= 11 is 0. The summed E-state index contributed by atoms with van der Waals surface area (Å²) in [5, 5.41) is 7.49. The molecule has 1 unspecified atom stereocenters. The molecule has 1 amide bonds. The van der Waals surface area contributed by atoms with Crippen LogP contribution in [0.15, 0.2) is 48.5 Å². The van der Waals surface area contributed by atoms with E-state index >= 15 is 0 Å². The fourth-order valence-corrected chi connectivity index (χ4v) is 3.19. The quantitative estimate of drug-likeness (QED) is 0.767. The lowest BCUT2D eigenvalue weighted by Gasteiger charge is -2.15. The van der Waals surface area contributed by atoms with Crippen molar-refractivity contribution >= 4 is 5.91 Å².